The molecular formula is C13H22N2OS. The molecule has 0 unspecified atom stereocenters. The molecule has 0 spiro atoms. The second kappa shape index (κ2) is 7.69. The number of aliphatic hydroxyl groups is 1. The Hall–Kier alpha value is -0.580. The molecule has 0 saturated heterocycles. The smallest absolute Gasteiger partial charge is 0.0960 e. The predicted molar refractivity (Wildman–Crippen MR) is 73.4 cm³/mol. The van der Waals surface area contributed by atoms with Crippen LogP contribution in [0.5, 0.6) is 0 Å². The molecule has 0 aliphatic rings. The van der Waals surface area contributed by atoms with Crippen molar-refractivity contribution in [2.75, 3.05) is 25.4 Å². The molecular weight excluding hydrogens is 232 g/mol. The van der Waals surface area contributed by atoms with Gasteiger partial charge in [-0.1, -0.05) is 19.9 Å². The van der Waals surface area contributed by atoms with Crippen molar-refractivity contribution in [1.29, 1.82) is 0 Å². The number of thioether (sulfide) groups is 1. The summed E-state index contributed by atoms with van der Waals surface area (Å²) < 4.78 is 0. The molecule has 3 nitrogen and oxygen atoms in total. The SMILES string of the molecule is CCN(CC)CCSc1ccc([C@H](C)O)cn1. The Labute approximate surface area is 108 Å². The Morgan fingerprint density at radius 1 is 1.35 bits per heavy atom. The highest BCUT2D eigenvalue weighted by Gasteiger charge is 2.03. The first-order valence-corrected chi connectivity index (χ1v) is 7.15. The minimum Gasteiger partial charge on any atom is -0.389 e. The molecule has 1 aromatic rings. The maximum Gasteiger partial charge on any atom is 0.0960 e. The van der Waals surface area contributed by atoms with Gasteiger partial charge in [-0.3, -0.25) is 0 Å². The molecule has 0 aliphatic heterocycles. The summed E-state index contributed by atoms with van der Waals surface area (Å²) in [4.78, 5) is 6.73. The Bertz CT molecular complexity index is 310. The number of rotatable bonds is 7. The van der Waals surface area contributed by atoms with Crippen molar-refractivity contribution in [2.24, 2.45) is 0 Å². The van der Waals surface area contributed by atoms with Crippen LogP contribution >= 0.6 is 11.8 Å². The fraction of sp³-hybridized carbons (Fsp3) is 0.615. The number of hydrogen-bond acceptors (Lipinski definition) is 4. The molecule has 4 heteroatoms. The van der Waals surface area contributed by atoms with E-state index >= 15 is 0 Å². The van der Waals surface area contributed by atoms with Crippen LogP contribution in [-0.2, 0) is 0 Å². The lowest BCUT2D eigenvalue weighted by atomic mass is 10.2. The Morgan fingerprint density at radius 2 is 2.06 bits per heavy atom. The van der Waals surface area contributed by atoms with Crippen molar-refractivity contribution >= 4 is 11.8 Å². The van der Waals surface area contributed by atoms with Gasteiger partial charge in [-0.25, -0.2) is 4.98 Å². The Balaban J connectivity index is 2.37. The third-order valence-electron chi connectivity index (χ3n) is 2.79. The van der Waals surface area contributed by atoms with E-state index in [9.17, 15) is 5.11 Å². The van der Waals surface area contributed by atoms with Gasteiger partial charge in [0.15, 0.2) is 0 Å². The molecule has 0 aliphatic carbocycles. The van der Waals surface area contributed by atoms with Crippen molar-refractivity contribution in [2.45, 2.75) is 31.9 Å². The molecule has 0 radical (unpaired) electrons. The van der Waals surface area contributed by atoms with Crippen molar-refractivity contribution in [3.63, 3.8) is 0 Å². The van der Waals surface area contributed by atoms with E-state index in [-0.39, 0.29) is 0 Å². The van der Waals surface area contributed by atoms with Crippen molar-refractivity contribution in [1.82, 2.24) is 9.88 Å². The average Bonchev–Trinajstić information content (AvgIpc) is 2.35. The summed E-state index contributed by atoms with van der Waals surface area (Å²) in [6, 6.07) is 3.92. The quantitative estimate of drug-likeness (QED) is 0.759. The van der Waals surface area contributed by atoms with Gasteiger partial charge in [-0.15, -0.1) is 11.8 Å². The third-order valence-corrected chi connectivity index (χ3v) is 3.72. The molecule has 1 rings (SSSR count). The average molecular weight is 254 g/mol. The molecule has 0 aromatic carbocycles. The highest BCUT2D eigenvalue weighted by molar-refractivity contribution is 7.99. The van der Waals surface area contributed by atoms with E-state index in [2.05, 4.69) is 23.7 Å². The van der Waals surface area contributed by atoms with Crippen LogP contribution in [0.15, 0.2) is 23.4 Å². The number of aromatic nitrogens is 1. The van der Waals surface area contributed by atoms with Crippen LogP contribution in [0.1, 0.15) is 32.4 Å². The topological polar surface area (TPSA) is 36.4 Å². The zero-order chi connectivity index (χ0) is 12.7. The number of pyridine rings is 1. The summed E-state index contributed by atoms with van der Waals surface area (Å²) in [6.07, 6.45) is 1.32. The van der Waals surface area contributed by atoms with Crippen molar-refractivity contribution in [3.05, 3.63) is 23.9 Å². The maximum atomic E-state index is 9.37. The van der Waals surface area contributed by atoms with Gasteiger partial charge in [0.1, 0.15) is 0 Å². The molecule has 96 valence electrons. The fourth-order valence-corrected chi connectivity index (χ4v) is 2.39. The fourth-order valence-electron chi connectivity index (χ4n) is 1.54. The van der Waals surface area contributed by atoms with Crippen LogP contribution in [-0.4, -0.2) is 40.4 Å². The second-order valence-electron chi connectivity index (χ2n) is 3.98. The van der Waals surface area contributed by atoms with Gasteiger partial charge in [-0.2, -0.15) is 0 Å². The normalized spacial score (nSPS) is 13.0. The maximum absolute atomic E-state index is 9.37. The molecule has 17 heavy (non-hydrogen) atoms. The van der Waals surface area contributed by atoms with E-state index < -0.39 is 6.10 Å². The number of nitrogens with zero attached hydrogens (tertiary/aromatic N) is 2. The van der Waals surface area contributed by atoms with Crippen LogP contribution < -0.4 is 0 Å². The van der Waals surface area contributed by atoms with E-state index in [0.29, 0.717) is 0 Å². The largest absolute Gasteiger partial charge is 0.389 e. The van der Waals surface area contributed by atoms with Crippen molar-refractivity contribution in [3.8, 4) is 0 Å². The lowest BCUT2D eigenvalue weighted by Crippen LogP contribution is -2.25. The summed E-state index contributed by atoms with van der Waals surface area (Å²) in [5.41, 5.74) is 0.873. The highest BCUT2D eigenvalue weighted by Crippen LogP contribution is 2.18. The van der Waals surface area contributed by atoms with Crippen LogP contribution in [0.25, 0.3) is 0 Å². The van der Waals surface area contributed by atoms with Gasteiger partial charge in [0.2, 0.25) is 0 Å². The number of aliphatic hydroxyl groups excluding tert-OH is 1. The molecule has 1 atom stereocenters. The first kappa shape index (κ1) is 14.5. The summed E-state index contributed by atoms with van der Waals surface area (Å²) in [6.45, 7) is 9.42. The molecule has 0 saturated carbocycles. The van der Waals surface area contributed by atoms with Gasteiger partial charge in [0.05, 0.1) is 11.1 Å². The first-order valence-electron chi connectivity index (χ1n) is 6.16. The zero-order valence-electron chi connectivity index (χ0n) is 10.9. The van der Waals surface area contributed by atoms with E-state index in [4.69, 9.17) is 0 Å². The minimum absolute atomic E-state index is 0.433. The van der Waals surface area contributed by atoms with Gasteiger partial charge in [-0.05, 0) is 31.6 Å². The monoisotopic (exact) mass is 254 g/mol. The lowest BCUT2D eigenvalue weighted by molar-refractivity contribution is 0.198. The molecule has 0 fully saturated rings. The van der Waals surface area contributed by atoms with Crippen LogP contribution in [0, 0.1) is 0 Å². The Kier molecular flexibility index (Phi) is 6.55. The minimum atomic E-state index is -0.433. The van der Waals surface area contributed by atoms with Crippen LogP contribution in [0.2, 0.25) is 0 Å². The van der Waals surface area contributed by atoms with E-state index in [1.54, 1.807) is 24.9 Å². The molecule has 0 bridgehead atoms. The predicted octanol–water partition coefficient (Wildman–Crippen LogP) is 2.57. The van der Waals surface area contributed by atoms with Gasteiger partial charge in [0.25, 0.3) is 0 Å². The van der Waals surface area contributed by atoms with Crippen LogP contribution in [0.4, 0.5) is 0 Å². The Morgan fingerprint density at radius 3 is 2.53 bits per heavy atom. The summed E-state index contributed by atoms with van der Waals surface area (Å²) in [5, 5.41) is 10.4. The van der Waals surface area contributed by atoms with Gasteiger partial charge >= 0.3 is 0 Å². The van der Waals surface area contributed by atoms with Crippen molar-refractivity contribution < 1.29 is 5.11 Å². The summed E-state index contributed by atoms with van der Waals surface area (Å²) in [7, 11) is 0. The third kappa shape index (κ3) is 5.06. The number of hydrogen-bond donors (Lipinski definition) is 1. The molecule has 1 aromatic heterocycles. The lowest BCUT2D eigenvalue weighted by Gasteiger charge is -2.17. The summed E-state index contributed by atoms with van der Waals surface area (Å²) in [5.74, 6) is 1.06. The van der Waals surface area contributed by atoms with Crippen LogP contribution in [0.3, 0.4) is 0 Å². The second-order valence-corrected chi connectivity index (χ2v) is 5.10. The molecule has 1 heterocycles. The zero-order valence-corrected chi connectivity index (χ0v) is 11.7. The van der Waals surface area contributed by atoms with E-state index in [0.717, 1.165) is 36.0 Å². The standard InChI is InChI=1S/C13H22N2OS/c1-4-15(5-2)8-9-17-13-7-6-12(10-14-13)11(3)16/h6-7,10-11,16H,4-5,8-9H2,1-3H3/t11-/m0/s1. The van der Waals surface area contributed by atoms with E-state index in [1.807, 2.05) is 12.1 Å². The van der Waals surface area contributed by atoms with E-state index in [1.165, 1.54) is 0 Å². The highest BCUT2D eigenvalue weighted by atomic mass is 32.2. The summed E-state index contributed by atoms with van der Waals surface area (Å²) >= 11 is 1.77. The van der Waals surface area contributed by atoms with Gasteiger partial charge < -0.3 is 10.0 Å². The molecule has 1 N–H and O–H groups in total. The molecule has 0 amide bonds. The van der Waals surface area contributed by atoms with Gasteiger partial charge in [0, 0.05) is 18.5 Å². The first-order chi connectivity index (χ1) is 8.17.